The molecule has 2 aromatic heterocycles. The summed E-state index contributed by atoms with van der Waals surface area (Å²) in [4.78, 5) is 11.1. The van der Waals surface area contributed by atoms with Gasteiger partial charge in [-0.05, 0) is 47.5 Å². The molecule has 0 N–H and O–H groups in total. The van der Waals surface area contributed by atoms with Gasteiger partial charge in [-0.25, -0.2) is 9.97 Å². The zero-order valence-corrected chi connectivity index (χ0v) is 21.1. The van der Waals surface area contributed by atoms with Crippen molar-refractivity contribution in [3.63, 3.8) is 0 Å². The van der Waals surface area contributed by atoms with E-state index in [1.165, 1.54) is 11.1 Å². The Balaban J connectivity index is 1.70. The van der Waals surface area contributed by atoms with E-state index in [0.29, 0.717) is 11.4 Å². The Hall–Kier alpha value is -5.26. The van der Waals surface area contributed by atoms with Crippen LogP contribution in [0.2, 0.25) is 0 Å². The minimum Gasteiger partial charge on any atom is -0.309 e. The van der Waals surface area contributed by atoms with Gasteiger partial charge in [0.05, 0.1) is 17.1 Å². The molecule has 0 unspecified atom stereocenters. The molecular weight excluding hydrogens is 466 g/mol. The van der Waals surface area contributed by atoms with Crippen molar-refractivity contribution >= 4 is 17.1 Å². The molecule has 0 amide bonds. The fourth-order valence-electron chi connectivity index (χ4n) is 5.40. The lowest BCUT2D eigenvalue weighted by molar-refractivity contribution is 0.632. The smallest absolute Gasteiger partial charge is 0.140 e. The fourth-order valence-corrected chi connectivity index (χ4v) is 5.40. The van der Waals surface area contributed by atoms with Gasteiger partial charge < -0.3 is 4.90 Å². The highest BCUT2D eigenvalue weighted by molar-refractivity contribution is 5.99. The van der Waals surface area contributed by atoms with Crippen molar-refractivity contribution in [2.24, 2.45) is 0 Å². The lowest BCUT2D eigenvalue weighted by Gasteiger charge is -2.43. The molecule has 5 nitrogen and oxygen atoms in total. The third-order valence-electron chi connectivity index (χ3n) is 7.27. The molecule has 0 aliphatic carbocycles. The molecule has 0 atom stereocenters. The number of nitrogens with zero attached hydrogens (tertiary/aromatic N) is 5. The number of pyridine rings is 2. The number of para-hydroxylation sites is 3. The van der Waals surface area contributed by atoms with Gasteiger partial charge in [-0.1, -0.05) is 68.4 Å². The number of anilines is 3. The van der Waals surface area contributed by atoms with Crippen LogP contribution in [0.3, 0.4) is 0 Å². The molecule has 0 radical (unpaired) electrons. The van der Waals surface area contributed by atoms with Crippen molar-refractivity contribution in [1.29, 1.82) is 10.5 Å². The summed E-state index contributed by atoms with van der Waals surface area (Å²) in [6.45, 7) is 4.54. The first kappa shape index (κ1) is 23.2. The highest BCUT2D eigenvalue weighted by Gasteiger charge is 2.37. The molecule has 5 heteroatoms. The molecule has 38 heavy (non-hydrogen) atoms. The first-order valence-corrected chi connectivity index (χ1v) is 12.4. The van der Waals surface area contributed by atoms with Crippen molar-refractivity contribution in [3.8, 4) is 34.4 Å². The maximum Gasteiger partial charge on any atom is 0.140 e. The minimum absolute atomic E-state index is 0.190. The van der Waals surface area contributed by atoms with Crippen LogP contribution in [0, 0.1) is 22.7 Å². The van der Waals surface area contributed by atoms with E-state index < -0.39 is 0 Å². The lowest BCUT2D eigenvalue weighted by Crippen LogP contribution is -2.31. The molecule has 6 rings (SSSR count). The Morgan fingerprint density at radius 3 is 1.50 bits per heavy atom. The number of rotatable bonds is 3. The average Bonchev–Trinajstić information content (AvgIpc) is 2.97. The summed E-state index contributed by atoms with van der Waals surface area (Å²) in [5, 5.41) is 18.6. The van der Waals surface area contributed by atoms with Crippen LogP contribution in [-0.2, 0) is 5.41 Å². The summed E-state index contributed by atoms with van der Waals surface area (Å²) in [7, 11) is 0. The van der Waals surface area contributed by atoms with Gasteiger partial charge in [-0.15, -0.1) is 0 Å². The molecule has 1 aliphatic rings. The largest absolute Gasteiger partial charge is 0.309 e. The third-order valence-corrected chi connectivity index (χ3v) is 7.27. The number of aromatic nitrogens is 2. The van der Waals surface area contributed by atoms with Crippen molar-refractivity contribution in [2.75, 3.05) is 4.90 Å². The van der Waals surface area contributed by atoms with Crippen molar-refractivity contribution in [1.82, 2.24) is 9.97 Å². The van der Waals surface area contributed by atoms with Crippen LogP contribution >= 0.6 is 0 Å². The summed E-state index contributed by atoms with van der Waals surface area (Å²) in [6.07, 6.45) is 3.51. The molecule has 0 fully saturated rings. The van der Waals surface area contributed by atoms with E-state index in [1.54, 1.807) is 24.5 Å². The van der Waals surface area contributed by atoms with E-state index in [-0.39, 0.29) is 5.41 Å². The highest BCUT2D eigenvalue weighted by atomic mass is 15.2. The molecule has 180 valence electrons. The lowest BCUT2D eigenvalue weighted by atomic mass is 9.73. The Bertz CT molecular complexity index is 1630. The van der Waals surface area contributed by atoms with Crippen molar-refractivity contribution in [3.05, 3.63) is 126 Å². The second-order valence-electron chi connectivity index (χ2n) is 9.78. The van der Waals surface area contributed by atoms with Crippen LogP contribution in [-0.4, -0.2) is 9.97 Å². The van der Waals surface area contributed by atoms with Crippen LogP contribution < -0.4 is 4.90 Å². The van der Waals surface area contributed by atoms with E-state index >= 15 is 0 Å². The third kappa shape index (κ3) is 3.61. The molecule has 0 bridgehead atoms. The number of hydrogen-bond donors (Lipinski definition) is 0. The molecule has 0 saturated heterocycles. The van der Waals surface area contributed by atoms with Gasteiger partial charge in [0.15, 0.2) is 0 Å². The van der Waals surface area contributed by atoms with Crippen molar-refractivity contribution < 1.29 is 0 Å². The first-order chi connectivity index (χ1) is 18.5. The number of nitriles is 2. The maximum atomic E-state index is 9.31. The Kier molecular flexibility index (Phi) is 5.48. The van der Waals surface area contributed by atoms with Gasteiger partial charge in [0.2, 0.25) is 0 Å². The quantitative estimate of drug-likeness (QED) is 0.260. The van der Waals surface area contributed by atoms with E-state index in [4.69, 9.17) is 0 Å². The first-order valence-electron chi connectivity index (χ1n) is 12.4. The number of hydrogen-bond acceptors (Lipinski definition) is 5. The van der Waals surface area contributed by atoms with Gasteiger partial charge in [-0.2, -0.15) is 10.5 Å². The van der Waals surface area contributed by atoms with Crippen LogP contribution in [0.5, 0.6) is 0 Å². The van der Waals surface area contributed by atoms with E-state index in [9.17, 15) is 10.5 Å². The Morgan fingerprint density at radius 2 is 1.08 bits per heavy atom. The zero-order chi connectivity index (χ0) is 26.3. The second-order valence-corrected chi connectivity index (χ2v) is 9.78. The molecule has 3 heterocycles. The van der Waals surface area contributed by atoms with Crippen LogP contribution in [0.4, 0.5) is 17.1 Å². The summed E-state index contributed by atoms with van der Waals surface area (Å²) in [5.41, 5.74) is 9.99. The van der Waals surface area contributed by atoms with Crippen molar-refractivity contribution in [2.45, 2.75) is 19.3 Å². The number of benzene rings is 3. The van der Waals surface area contributed by atoms with E-state index in [1.807, 2.05) is 18.2 Å². The molecular formula is C33H23N5. The highest BCUT2D eigenvalue weighted by Crippen LogP contribution is 2.55. The van der Waals surface area contributed by atoms with Crippen LogP contribution in [0.1, 0.15) is 36.4 Å². The van der Waals surface area contributed by atoms with E-state index in [2.05, 4.69) is 102 Å². The standard InChI is InChI=1S/C33H23N5/c1-33(2)28-10-3-5-12-30(28)38(31-13-6-4-11-29(31)33)32-26(22-14-16-24(18-34)36-20-22)8-7-9-27(32)23-15-17-25(19-35)37-21-23/h3-17,20-21H,1-2H3. The Labute approximate surface area is 221 Å². The predicted octanol–water partition coefficient (Wildman–Crippen LogP) is 7.66. The predicted molar refractivity (Wildman–Crippen MR) is 149 cm³/mol. The molecule has 3 aromatic carbocycles. The molecule has 5 aromatic rings. The fraction of sp³-hybridized carbons (Fsp3) is 0.0909. The summed E-state index contributed by atoms with van der Waals surface area (Å²) in [5.74, 6) is 0. The second kappa shape index (κ2) is 9.00. The van der Waals surface area contributed by atoms with Gasteiger partial charge in [-0.3, -0.25) is 0 Å². The van der Waals surface area contributed by atoms with Crippen LogP contribution in [0.15, 0.2) is 103 Å². The van der Waals surface area contributed by atoms with Gasteiger partial charge >= 0.3 is 0 Å². The topological polar surface area (TPSA) is 76.6 Å². The van der Waals surface area contributed by atoms with Gasteiger partial charge in [0, 0.05) is 40.1 Å². The number of fused-ring (bicyclic) bond motifs is 2. The summed E-state index contributed by atoms with van der Waals surface area (Å²) >= 11 is 0. The van der Waals surface area contributed by atoms with E-state index in [0.717, 1.165) is 39.3 Å². The zero-order valence-electron chi connectivity index (χ0n) is 21.1. The summed E-state index contributed by atoms with van der Waals surface area (Å²) < 4.78 is 0. The normalized spacial score (nSPS) is 13.1. The SMILES string of the molecule is CC1(C)c2ccccc2N(c2c(-c3ccc(C#N)nc3)cccc2-c2ccc(C#N)nc2)c2ccccc21. The Morgan fingerprint density at radius 1 is 0.605 bits per heavy atom. The molecule has 1 aliphatic heterocycles. The summed E-state index contributed by atoms with van der Waals surface area (Å²) in [6, 6.07) is 34.9. The maximum absolute atomic E-state index is 9.31. The monoisotopic (exact) mass is 489 g/mol. The van der Waals surface area contributed by atoms with Gasteiger partial charge in [0.25, 0.3) is 0 Å². The molecule has 0 spiro atoms. The minimum atomic E-state index is -0.190. The molecule has 0 saturated carbocycles. The van der Waals surface area contributed by atoms with Gasteiger partial charge in [0.1, 0.15) is 23.5 Å². The average molecular weight is 490 g/mol. The van der Waals surface area contributed by atoms with Crippen LogP contribution in [0.25, 0.3) is 22.3 Å².